The van der Waals surface area contributed by atoms with E-state index in [4.69, 9.17) is 4.74 Å². The van der Waals surface area contributed by atoms with Gasteiger partial charge in [-0.05, 0) is 30.3 Å². The number of aromatic nitrogens is 1. The lowest BCUT2D eigenvalue weighted by atomic mass is 9.83. The standard InChI is InChI=1S/C18H17F4NO3/c19-6-17(7-20)10-26-16-13(17)5-14(18(25,8-21)9-24)23-15(16)11-1-3-12(22)4-2-11/h1-5,24-25H,6-10H2/t18-/m1/s1. The van der Waals surface area contributed by atoms with Crippen molar-refractivity contribution in [3.8, 4) is 17.0 Å². The van der Waals surface area contributed by atoms with Crippen molar-refractivity contribution in [1.29, 1.82) is 0 Å². The summed E-state index contributed by atoms with van der Waals surface area (Å²) in [6, 6.07) is 6.24. The van der Waals surface area contributed by atoms with Gasteiger partial charge in [0.05, 0.1) is 17.7 Å². The van der Waals surface area contributed by atoms with Crippen LogP contribution in [0.1, 0.15) is 11.3 Å². The second-order valence-electron chi connectivity index (χ2n) is 6.40. The molecule has 2 heterocycles. The molecule has 1 aliphatic heterocycles. The molecule has 1 atom stereocenters. The van der Waals surface area contributed by atoms with Crippen LogP contribution in [0.2, 0.25) is 0 Å². The van der Waals surface area contributed by atoms with Crippen LogP contribution in [0.5, 0.6) is 5.75 Å². The van der Waals surface area contributed by atoms with E-state index < -0.39 is 43.5 Å². The lowest BCUT2D eigenvalue weighted by Crippen LogP contribution is -2.36. The highest BCUT2D eigenvalue weighted by Gasteiger charge is 2.45. The number of rotatable bonds is 6. The van der Waals surface area contributed by atoms with Crippen LogP contribution in [0, 0.1) is 5.82 Å². The number of pyridine rings is 1. The fraction of sp³-hybridized carbons (Fsp3) is 0.389. The average molecular weight is 371 g/mol. The predicted molar refractivity (Wildman–Crippen MR) is 85.7 cm³/mol. The van der Waals surface area contributed by atoms with Gasteiger partial charge < -0.3 is 14.9 Å². The number of fused-ring (bicyclic) bond motifs is 1. The first-order valence-electron chi connectivity index (χ1n) is 7.89. The zero-order chi connectivity index (χ0) is 18.9. The van der Waals surface area contributed by atoms with Crippen molar-refractivity contribution in [1.82, 2.24) is 4.98 Å². The van der Waals surface area contributed by atoms with Crippen LogP contribution >= 0.6 is 0 Å². The summed E-state index contributed by atoms with van der Waals surface area (Å²) in [6.45, 7) is -4.76. The fourth-order valence-electron chi connectivity index (χ4n) is 2.85. The van der Waals surface area contributed by atoms with Crippen molar-refractivity contribution < 1.29 is 32.5 Å². The molecule has 8 heteroatoms. The predicted octanol–water partition coefficient (Wildman–Crippen LogP) is 2.61. The molecule has 1 aliphatic rings. The Morgan fingerprint density at radius 2 is 1.81 bits per heavy atom. The molecule has 26 heavy (non-hydrogen) atoms. The third-order valence-corrected chi connectivity index (χ3v) is 4.63. The van der Waals surface area contributed by atoms with Crippen molar-refractivity contribution in [2.75, 3.05) is 33.2 Å². The van der Waals surface area contributed by atoms with Crippen LogP contribution in [-0.4, -0.2) is 48.4 Å². The summed E-state index contributed by atoms with van der Waals surface area (Å²) in [5, 5.41) is 19.7. The number of halogens is 4. The van der Waals surface area contributed by atoms with Crippen molar-refractivity contribution in [3.63, 3.8) is 0 Å². The van der Waals surface area contributed by atoms with E-state index in [9.17, 15) is 27.8 Å². The summed E-state index contributed by atoms with van der Waals surface area (Å²) in [4.78, 5) is 4.15. The maximum atomic E-state index is 13.6. The van der Waals surface area contributed by atoms with Gasteiger partial charge in [-0.3, -0.25) is 0 Å². The first-order valence-corrected chi connectivity index (χ1v) is 7.89. The Morgan fingerprint density at radius 3 is 2.35 bits per heavy atom. The van der Waals surface area contributed by atoms with E-state index in [2.05, 4.69) is 4.98 Å². The molecule has 0 radical (unpaired) electrons. The molecule has 1 aromatic heterocycles. The Bertz CT molecular complexity index is 790. The maximum absolute atomic E-state index is 13.6. The molecule has 0 fully saturated rings. The molecule has 4 nitrogen and oxygen atoms in total. The molecule has 3 rings (SSSR count). The number of aliphatic hydroxyl groups excluding tert-OH is 1. The summed E-state index contributed by atoms with van der Waals surface area (Å²) < 4.78 is 59.3. The number of nitrogens with zero attached hydrogens (tertiary/aromatic N) is 1. The molecule has 0 unspecified atom stereocenters. The second-order valence-corrected chi connectivity index (χ2v) is 6.40. The lowest BCUT2D eigenvalue weighted by molar-refractivity contribution is -0.0408. The van der Waals surface area contributed by atoms with Crippen molar-refractivity contribution >= 4 is 0 Å². The highest BCUT2D eigenvalue weighted by molar-refractivity contribution is 5.71. The fourth-order valence-corrected chi connectivity index (χ4v) is 2.85. The SMILES string of the molecule is OC[C@](O)(CF)c1cc2c(c(-c3ccc(F)cc3)n1)OCC2(CF)CF. The number of alkyl halides is 3. The minimum Gasteiger partial charge on any atom is -0.490 e. The molecule has 0 spiro atoms. The van der Waals surface area contributed by atoms with Gasteiger partial charge in [-0.2, -0.15) is 0 Å². The van der Waals surface area contributed by atoms with Crippen LogP contribution in [0.3, 0.4) is 0 Å². The van der Waals surface area contributed by atoms with Crippen molar-refractivity contribution in [2.45, 2.75) is 11.0 Å². The van der Waals surface area contributed by atoms with Gasteiger partial charge >= 0.3 is 0 Å². The number of ether oxygens (including phenoxy) is 1. The monoisotopic (exact) mass is 371 g/mol. The Balaban J connectivity index is 2.27. The van der Waals surface area contributed by atoms with Gasteiger partial charge in [0, 0.05) is 11.1 Å². The molecule has 1 aromatic carbocycles. The van der Waals surface area contributed by atoms with Gasteiger partial charge in [0.25, 0.3) is 0 Å². The zero-order valence-electron chi connectivity index (χ0n) is 13.7. The Morgan fingerprint density at radius 1 is 1.15 bits per heavy atom. The Labute approximate surface area is 147 Å². The van der Waals surface area contributed by atoms with Gasteiger partial charge in [0.15, 0.2) is 5.60 Å². The highest BCUT2D eigenvalue weighted by Crippen LogP contribution is 2.46. The molecule has 0 aliphatic carbocycles. The third-order valence-electron chi connectivity index (χ3n) is 4.63. The van der Waals surface area contributed by atoms with E-state index in [1.807, 2.05) is 0 Å². The number of benzene rings is 1. The lowest BCUT2D eigenvalue weighted by Gasteiger charge is -2.25. The molecule has 0 bridgehead atoms. The van der Waals surface area contributed by atoms with E-state index >= 15 is 0 Å². The molecule has 2 aromatic rings. The Kier molecular flexibility index (Phi) is 4.90. The number of hydrogen-bond acceptors (Lipinski definition) is 4. The number of hydrogen-bond donors (Lipinski definition) is 2. The van der Waals surface area contributed by atoms with Crippen LogP contribution in [-0.2, 0) is 11.0 Å². The van der Waals surface area contributed by atoms with Crippen LogP contribution < -0.4 is 4.74 Å². The summed E-state index contributed by atoms with van der Waals surface area (Å²) in [7, 11) is 0. The molecule has 0 amide bonds. The molecular weight excluding hydrogens is 354 g/mol. The zero-order valence-corrected chi connectivity index (χ0v) is 13.7. The summed E-state index contributed by atoms with van der Waals surface area (Å²) in [6.07, 6.45) is 0. The van der Waals surface area contributed by atoms with Crippen LogP contribution in [0.15, 0.2) is 30.3 Å². The van der Waals surface area contributed by atoms with E-state index in [0.29, 0.717) is 5.56 Å². The Hall–Kier alpha value is -2.19. The van der Waals surface area contributed by atoms with Crippen molar-refractivity contribution in [3.05, 3.63) is 47.4 Å². The largest absolute Gasteiger partial charge is 0.490 e. The minimum atomic E-state index is -2.33. The molecule has 0 saturated heterocycles. The summed E-state index contributed by atoms with van der Waals surface area (Å²) >= 11 is 0. The molecule has 0 saturated carbocycles. The van der Waals surface area contributed by atoms with E-state index in [0.717, 1.165) is 18.2 Å². The van der Waals surface area contributed by atoms with E-state index in [-0.39, 0.29) is 29.3 Å². The average Bonchev–Trinajstić information content (AvgIpc) is 3.06. The first-order chi connectivity index (χ1) is 12.4. The van der Waals surface area contributed by atoms with Gasteiger partial charge in [0.2, 0.25) is 0 Å². The number of aliphatic hydroxyl groups is 2. The normalized spacial score (nSPS) is 17.5. The van der Waals surface area contributed by atoms with E-state index in [1.165, 1.54) is 12.1 Å². The highest BCUT2D eigenvalue weighted by atomic mass is 19.1. The molecule has 140 valence electrons. The van der Waals surface area contributed by atoms with E-state index in [1.54, 1.807) is 0 Å². The quantitative estimate of drug-likeness (QED) is 0.767. The minimum absolute atomic E-state index is 0.0848. The van der Waals surface area contributed by atoms with Gasteiger partial charge in [0.1, 0.15) is 43.9 Å². The topological polar surface area (TPSA) is 62.6 Å². The van der Waals surface area contributed by atoms with Gasteiger partial charge in [-0.1, -0.05) is 0 Å². The van der Waals surface area contributed by atoms with Crippen molar-refractivity contribution in [2.24, 2.45) is 0 Å². The smallest absolute Gasteiger partial charge is 0.157 e. The van der Waals surface area contributed by atoms with Gasteiger partial charge in [-0.25, -0.2) is 22.5 Å². The van der Waals surface area contributed by atoms with Crippen LogP contribution in [0.25, 0.3) is 11.3 Å². The van der Waals surface area contributed by atoms with Crippen LogP contribution in [0.4, 0.5) is 17.6 Å². The maximum Gasteiger partial charge on any atom is 0.157 e. The summed E-state index contributed by atoms with van der Waals surface area (Å²) in [5.41, 5.74) is -3.68. The third kappa shape index (κ3) is 2.83. The van der Waals surface area contributed by atoms with Gasteiger partial charge in [-0.15, -0.1) is 0 Å². The first kappa shape index (κ1) is 18.6. The summed E-state index contributed by atoms with van der Waals surface area (Å²) in [5.74, 6) is -0.408. The molecule has 2 N–H and O–H groups in total. The second kappa shape index (κ2) is 6.85. The molecular formula is C18H17F4NO3.